The summed E-state index contributed by atoms with van der Waals surface area (Å²) < 4.78 is 143. The number of hydrogen-bond acceptors (Lipinski definition) is 2. The van der Waals surface area contributed by atoms with Crippen LogP contribution >= 0.6 is 0 Å². The second kappa shape index (κ2) is 27.9. The van der Waals surface area contributed by atoms with Gasteiger partial charge in [0.1, 0.15) is 0 Å². The van der Waals surface area contributed by atoms with Gasteiger partial charge in [-0.3, -0.25) is 0 Å². The third-order valence-electron chi connectivity index (χ3n) is 23.8. The van der Waals surface area contributed by atoms with Crippen molar-refractivity contribution in [1.29, 1.82) is 0 Å². The summed E-state index contributed by atoms with van der Waals surface area (Å²) in [7, 11) is 0. The first-order chi connectivity index (χ1) is 63.3. The molecule has 0 radical (unpaired) electrons. The summed E-state index contributed by atoms with van der Waals surface area (Å²) in [6.07, 6.45) is 0. The first kappa shape index (κ1) is 57.9. The van der Waals surface area contributed by atoms with Crippen LogP contribution in [-0.4, -0.2) is 8.80 Å². The van der Waals surface area contributed by atoms with E-state index < -0.39 is 52.5 Å². The van der Waals surface area contributed by atoms with E-state index in [1.54, 1.807) is 0 Å². The summed E-state index contributed by atoms with van der Waals surface area (Å²) in [5.74, 6) is 0. The first-order valence-electron chi connectivity index (χ1n) is 47.4. The fourth-order valence-corrected chi connectivity index (χ4v) is 18.0. The maximum absolute atomic E-state index is 10.3. The van der Waals surface area contributed by atoms with E-state index in [0.29, 0.717) is 55.3 Å². The molecule has 0 bridgehead atoms. The molecule has 0 unspecified atom stereocenters. The molecule has 0 aliphatic heterocycles. The van der Waals surface area contributed by atoms with Crippen LogP contribution in [0.25, 0.3) is 164 Å². The lowest BCUT2D eigenvalue weighted by molar-refractivity contribution is 0.590. The molecule has 0 saturated carbocycles. The Hall–Kier alpha value is -14.1. The zero-order valence-corrected chi connectivity index (χ0v) is 67.1. The third kappa shape index (κ3) is 11.9. The zero-order valence-electron chi connectivity index (χ0n) is 81.1. The van der Waals surface area contributed by atoms with Gasteiger partial charge < -0.3 is 18.6 Å². The molecule has 4 heterocycles. The Bertz CT molecular complexity index is 8020. The minimum Gasteiger partial charge on any atom is -0.309 e. The minimum atomic E-state index is -0.697. The number of benzene rings is 17. The Kier molecular flexibility index (Phi) is 13.7. The zero-order chi connectivity index (χ0) is 92.1. The molecule has 4 nitrogen and oxygen atoms in total. The van der Waals surface area contributed by atoms with Gasteiger partial charge in [-0.1, -0.05) is 365 Å². The highest BCUT2D eigenvalue weighted by Crippen LogP contribution is 2.56. The highest BCUT2D eigenvalue weighted by Gasteiger charge is 2.33. The molecular formula is C114H90N4. The topological polar surface area (TPSA) is 15.3 Å². The van der Waals surface area contributed by atoms with Gasteiger partial charge in [0, 0.05) is 88.1 Å². The van der Waals surface area contributed by atoms with Crippen LogP contribution in [0, 0.1) is 0 Å². The summed E-state index contributed by atoms with van der Waals surface area (Å²) in [5, 5.41) is 7.92. The van der Waals surface area contributed by atoms with Crippen LogP contribution in [0.4, 0.5) is 34.1 Å². The van der Waals surface area contributed by atoms with Gasteiger partial charge in [0.2, 0.25) is 0 Å². The van der Waals surface area contributed by atoms with Crippen LogP contribution in [0.2, 0.25) is 0 Å². The van der Waals surface area contributed by atoms with E-state index >= 15 is 0 Å². The van der Waals surface area contributed by atoms with Gasteiger partial charge in [0.05, 0.1) is 63.7 Å². The molecule has 0 aliphatic carbocycles. The van der Waals surface area contributed by atoms with Crippen LogP contribution in [0.15, 0.2) is 382 Å². The highest BCUT2D eigenvalue weighted by atomic mass is 15.2. The van der Waals surface area contributed by atoms with Crippen LogP contribution in [0.1, 0.15) is 98.2 Å². The van der Waals surface area contributed by atoms with E-state index in [1.807, 2.05) is 106 Å². The summed E-state index contributed by atoms with van der Waals surface area (Å²) in [5.41, 5.74) is 14.1. The molecule has 0 atom stereocenters. The predicted molar refractivity (Wildman–Crippen MR) is 508 cm³/mol. The fourth-order valence-electron chi connectivity index (χ4n) is 18.0. The van der Waals surface area contributed by atoms with Crippen molar-refractivity contribution in [3.63, 3.8) is 0 Å². The molecule has 21 rings (SSSR count). The number of hydrogen-bond donors (Lipinski definition) is 0. The summed E-state index contributed by atoms with van der Waals surface area (Å²) in [6.45, 7) is 20.0. The molecular weight excluding hydrogens is 1430 g/mol. The highest BCUT2D eigenvalue weighted by molar-refractivity contribution is 6.28. The molecule has 4 heteroatoms. The van der Waals surface area contributed by atoms with Gasteiger partial charge in [0.25, 0.3) is 0 Å². The Balaban J connectivity index is 1.01. The smallest absolute Gasteiger partial charge is 0.0645 e. The van der Waals surface area contributed by atoms with Crippen molar-refractivity contribution in [3.8, 4) is 44.5 Å². The maximum Gasteiger partial charge on any atom is 0.0645 e. The standard InChI is InChI=1S/C114H90N4/c1-112(2,3)77-64-82(115(110-100(73-36-14-10-15-37-73)66-78(113(4,5)6)67-101(110)74-38-16-11-17-39-74)80-60-62-94-88-48-26-22-44-84(88)86-46-24-28-50-90(86)96-54-34-56-98-92-52-30-32-58-104(92)117(108(96)98)106(94)71-80)70-83(65-77)116(111-102(75-40-18-12-19-41-75)68-79(114(7,8)9)69-103(111)76-42-20-13-21-43-76)81-61-63-95-89-49-27-23-45-85(89)87-47-25-29-51-91(87)97-55-35-57-99-93-53-31-33-59-105(93)118(109(97)99)107(95)72-81/h10-72H,1-9H3/i30D,31D,32D,33D,34D,35D,52D,53D,54D,55D,56D,57D,58D,59D. The van der Waals surface area contributed by atoms with Crippen LogP contribution in [0.3, 0.4) is 0 Å². The minimum absolute atomic E-state index is 0.0409. The lowest BCUT2D eigenvalue weighted by Crippen LogP contribution is -2.20. The SMILES string of the molecule is [2H]c1c([2H])c([2H])c2c(c1[2H])c1c([2H])c([2H])c([2H])c3c4ccccc4c4ccccc4c4ccc(N(c5cc(N(c6ccc7c8ccccc8c8ccccc8c8c([2H])c([2H])c([2H])c9c%10c([2H])c([2H])c([2H])c([2H])c%10n(c7c6)c89)c6c(-c7ccccc7)cc(C(C)(C)C)cc6-c6ccccc6)cc(C(C)(C)C)c5)c5c(-c6ccccc6)cc(C(C)(C)C)cc5-c5ccccc5)cc4n2c31. The maximum atomic E-state index is 10.3. The molecule has 0 fully saturated rings. The largest absolute Gasteiger partial charge is 0.309 e. The second-order valence-electron chi connectivity index (χ2n) is 34.1. The van der Waals surface area contributed by atoms with E-state index in [4.69, 9.17) is 0 Å². The Labute approximate surface area is 709 Å². The van der Waals surface area contributed by atoms with Crippen LogP contribution < -0.4 is 9.80 Å². The monoisotopic (exact) mass is 1530 g/mol. The van der Waals surface area contributed by atoms with Gasteiger partial charge in [-0.05, 0) is 177 Å². The number of para-hydroxylation sites is 4. The molecule has 21 aromatic rings. The van der Waals surface area contributed by atoms with Gasteiger partial charge >= 0.3 is 0 Å². The summed E-state index contributed by atoms with van der Waals surface area (Å²) in [4.78, 5) is 4.67. The lowest BCUT2D eigenvalue weighted by atomic mass is 9.81. The Morgan fingerprint density at radius 1 is 0.212 bits per heavy atom. The number of fused-ring (bicyclic) bond motifs is 20. The lowest BCUT2D eigenvalue weighted by Gasteiger charge is -2.36. The van der Waals surface area contributed by atoms with Crippen molar-refractivity contribution in [2.45, 2.75) is 78.6 Å². The van der Waals surface area contributed by atoms with Crippen molar-refractivity contribution in [3.05, 3.63) is 399 Å². The average molecular weight is 1530 g/mol. The van der Waals surface area contributed by atoms with Gasteiger partial charge in [-0.2, -0.15) is 0 Å². The fraction of sp³-hybridized carbons (Fsp3) is 0.105. The first-order valence-corrected chi connectivity index (χ1v) is 40.4. The number of aromatic nitrogens is 2. The van der Waals surface area contributed by atoms with Gasteiger partial charge in [-0.25, -0.2) is 0 Å². The molecule has 0 N–H and O–H groups in total. The van der Waals surface area contributed by atoms with E-state index in [0.717, 1.165) is 105 Å². The van der Waals surface area contributed by atoms with Crippen molar-refractivity contribution in [2.75, 3.05) is 9.80 Å². The number of rotatable bonds is 10. The predicted octanol–water partition coefficient (Wildman–Crippen LogP) is 32.3. The molecule has 0 saturated heterocycles. The van der Waals surface area contributed by atoms with E-state index in [9.17, 15) is 19.2 Å². The Morgan fingerprint density at radius 2 is 0.466 bits per heavy atom. The Morgan fingerprint density at radius 3 is 0.771 bits per heavy atom. The normalized spacial score (nSPS) is 13.9. The average Bonchev–Trinajstić information content (AvgIpc) is 1.53. The second-order valence-corrected chi connectivity index (χ2v) is 34.1. The number of anilines is 6. The van der Waals surface area contributed by atoms with Crippen LogP contribution in [0.5, 0.6) is 0 Å². The molecule has 118 heavy (non-hydrogen) atoms. The molecule has 0 spiro atoms. The molecule has 566 valence electrons. The van der Waals surface area contributed by atoms with E-state index in [2.05, 4.69) is 272 Å². The van der Waals surface area contributed by atoms with Crippen molar-refractivity contribution >= 4 is 153 Å². The van der Waals surface area contributed by atoms with Crippen molar-refractivity contribution < 1.29 is 19.2 Å². The van der Waals surface area contributed by atoms with Gasteiger partial charge in [-0.15, -0.1) is 0 Å². The van der Waals surface area contributed by atoms with Crippen molar-refractivity contribution in [2.24, 2.45) is 0 Å². The number of nitrogens with zero attached hydrogens (tertiary/aromatic N) is 4. The third-order valence-corrected chi connectivity index (χ3v) is 23.8. The molecule has 0 amide bonds. The molecule has 4 aromatic heterocycles. The van der Waals surface area contributed by atoms with Crippen molar-refractivity contribution in [1.82, 2.24) is 8.80 Å². The van der Waals surface area contributed by atoms with Crippen LogP contribution in [-0.2, 0) is 16.2 Å². The van der Waals surface area contributed by atoms with E-state index in [1.165, 1.54) is 0 Å². The molecule has 0 aliphatic rings. The quantitative estimate of drug-likeness (QED) is 0.136. The summed E-state index contributed by atoms with van der Waals surface area (Å²) >= 11 is 0. The van der Waals surface area contributed by atoms with Gasteiger partial charge in [0.15, 0.2) is 0 Å². The summed E-state index contributed by atoms with van der Waals surface area (Å²) in [6, 6.07) is 96.4. The molecule has 17 aromatic carbocycles. The van der Waals surface area contributed by atoms with E-state index in [-0.39, 0.29) is 103 Å².